The number of rotatable bonds is 7. The lowest BCUT2D eigenvalue weighted by atomic mass is 10.00. The maximum absolute atomic E-state index is 12.4. The Labute approximate surface area is 168 Å². The van der Waals surface area contributed by atoms with Crippen LogP contribution >= 0.6 is 11.8 Å². The van der Waals surface area contributed by atoms with Crippen LogP contribution in [0.5, 0.6) is 0 Å². The average Bonchev–Trinajstić information content (AvgIpc) is 2.66. The summed E-state index contributed by atoms with van der Waals surface area (Å²) in [5.74, 6) is 1.63. The third kappa shape index (κ3) is 7.09. The molecule has 1 unspecified atom stereocenters. The Hall–Kier alpha value is -1.69. The number of guanidine groups is 1. The molecule has 2 N–H and O–H groups in total. The standard InChI is InChI=1S/C21H34N4OS/c1-5-22-21(24-14-18-9-8-16(2)13-19(18)27-4)23-11-10-20(26)25-12-6-7-17(3)15-25/h8-9,13,17H,5-7,10-12,14-15H2,1-4H3,(H2,22,23,24). The number of nitrogens with one attached hydrogen (secondary N) is 2. The molecule has 150 valence electrons. The molecule has 1 saturated heterocycles. The molecule has 1 aromatic rings. The van der Waals surface area contributed by atoms with Gasteiger partial charge in [-0.05, 0) is 56.1 Å². The van der Waals surface area contributed by atoms with Gasteiger partial charge in [-0.15, -0.1) is 11.8 Å². The molecule has 2 rings (SSSR count). The minimum Gasteiger partial charge on any atom is -0.357 e. The van der Waals surface area contributed by atoms with Crippen molar-refractivity contribution in [3.8, 4) is 0 Å². The number of aliphatic imine (C=N–C) groups is 1. The largest absolute Gasteiger partial charge is 0.357 e. The number of aryl methyl sites for hydroxylation is 1. The Morgan fingerprint density at radius 3 is 2.89 bits per heavy atom. The number of nitrogens with zero attached hydrogens (tertiary/aromatic N) is 2. The number of benzene rings is 1. The monoisotopic (exact) mass is 390 g/mol. The van der Waals surface area contributed by atoms with Gasteiger partial charge in [-0.3, -0.25) is 4.79 Å². The van der Waals surface area contributed by atoms with Crippen molar-refractivity contribution in [2.45, 2.75) is 51.5 Å². The highest BCUT2D eigenvalue weighted by Gasteiger charge is 2.20. The lowest BCUT2D eigenvalue weighted by Crippen LogP contribution is -2.42. The Morgan fingerprint density at radius 1 is 1.37 bits per heavy atom. The van der Waals surface area contributed by atoms with Gasteiger partial charge in [-0.1, -0.05) is 19.1 Å². The van der Waals surface area contributed by atoms with E-state index in [0.29, 0.717) is 25.4 Å². The second kappa shape index (κ2) is 11.2. The normalized spacial score (nSPS) is 17.7. The molecule has 5 nitrogen and oxygen atoms in total. The number of piperidine rings is 1. The van der Waals surface area contributed by atoms with Crippen molar-refractivity contribution in [1.82, 2.24) is 15.5 Å². The van der Waals surface area contributed by atoms with Crippen LogP contribution < -0.4 is 10.6 Å². The second-order valence-corrected chi connectivity index (χ2v) is 8.12. The van der Waals surface area contributed by atoms with Crippen molar-refractivity contribution in [3.63, 3.8) is 0 Å². The molecule has 0 spiro atoms. The first-order valence-corrected chi connectivity index (χ1v) is 11.2. The number of likely N-dealkylation sites (tertiary alicyclic amines) is 1. The molecule has 6 heteroatoms. The van der Waals surface area contributed by atoms with Crippen LogP contribution in [0.1, 0.15) is 44.2 Å². The summed E-state index contributed by atoms with van der Waals surface area (Å²) >= 11 is 1.75. The second-order valence-electron chi connectivity index (χ2n) is 7.27. The average molecular weight is 391 g/mol. The first-order valence-electron chi connectivity index (χ1n) is 9.97. The zero-order valence-corrected chi connectivity index (χ0v) is 18.0. The van der Waals surface area contributed by atoms with Crippen molar-refractivity contribution in [2.75, 3.05) is 32.4 Å². The fourth-order valence-corrected chi connectivity index (χ4v) is 4.05. The molecule has 0 radical (unpaired) electrons. The molecule has 1 aliphatic heterocycles. The summed E-state index contributed by atoms with van der Waals surface area (Å²) in [6.45, 7) is 10.2. The third-order valence-electron chi connectivity index (χ3n) is 4.84. The maximum atomic E-state index is 12.4. The molecule has 1 fully saturated rings. The van der Waals surface area contributed by atoms with Crippen LogP contribution in [0, 0.1) is 12.8 Å². The molecule has 27 heavy (non-hydrogen) atoms. The maximum Gasteiger partial charge on any atom is 0.224 e. The quantitative estimate of drug-likeness (QED) is 0.425. The molecule has 0 aromatic heterocycles. The highest BCUT2D eigenvalue weighted by molar-refractivity contribution is 7.98. The molecular weight excluding hydrogens is 356 g/mol. The van der Waals surface area contributed by atoms with Crippen molar-refractivity contribution < 1.29 is 4.79 Å². The third-order valence-corrected chi connectivity index (χ3v) is 5.66. The van der Waals surface area contributed by atoms with Crippen LogP contribution in [0.4, 0.5) is 0 Å². The summed E-state index contributed by atoms with van der Waals surface area (Å²) < 4.78 is 0. The van der Waals surface area contributed by atoms with E-state index in [-0.39, 0.29) is 5.91 Å². The predicted molar refractivity (Wildman–Crippen MR) is 115 cm³/mol. The summed E-state index contributed by atoms with van der Waals surface area (Å²) in [6, 6.07) is 6.48. The van der Waals surface area contributed by atoms with Gasteiger partial charge in [0.25, 0.3) is 0 Å². The van der Waals surface area contributed by atoms with Crippen molar-refractivity contribution in [2.24, 2.45) is 10.9 Å². The number of thioether (sulfide) groups is 1. The fraction of sp³-hybridized carbons (Fsp3) is 0.619. The van der Waals surface area contributed by atoms with E-state index >= 15 is 0 Å². The van der Waals surface area contributed by atoms with Gasteiger partial charge in [0.1, 0.15) is 0 Å². The SMILES string of the molecule is CCNC(=NCc1ccc(C)cc1SC)NCCC(=O)N1CCCC(C)C1. The summed E-state index contributed by atoms with van der Waals surface area (Å²) in [5, 5.41) is 6.57. The van der Waals surface area contributed by atoms with Crippen LogP contribution in [-0.2, 0) is 11.3 Å². The summed E-state index contributed by atoms with van der Waals surface area (Å²) in [6.07, 6.45) is 4.96. The Balaban J connectivity index is 1.87. The van der Waals surface area contributed by atoms with E-state index in [9.17, 15) is 4.79 Å². The highest BCUT2D eigenvalue weighted by Crippen LogP contribution is 2.22. The van der Waals surface area contributed by atoms with E-state index in [0.717, 1.165) is 32.0 Å². The molecule has 0 saturated carbocycles. The van der Waals surface area contributed by atoms with Crippen LogP contribution in [-0.4, -0.2) is 49.2 Å². The van der Waals surface area contributed by atoms with Crippen molar-refractivity contribution >= 4 is 23.6 Å². The summed E-state index contributed by atoms with van der Waals surface area (Å²) in [5.41, 5.74) is 2.49. The first-order chi connectivity index (χ1) is 13.0. The van der Waals surface area contributed by atoms with E-state index in [2.05, 4.69) is 55.9 Å². The van der Waals surface area contributed by atoms with E-state index < -0.39 is 0 Å². The zero-order chi connectivity index (χ0) is 19.6. The molecule has 0 aliphatic carbocycles. The minimum absolute atomic E-state index is 0.244. The minimum atomic E-state index is 0.244. The smallest absolute Gasteiger partial charge is 0.224 e. The molecule has 1 aliphatic rings. The fourth-order valence-electron chi connectivity index (χ4n) is 3.35. The highest BCUT2D eigenvalue weighted by atomic mass is 32.2. The molecular formula is C21H34N4OS. The lowest BCUT2D eigenvalue weighted by molar-refractivity contribution is -0.132. The van der Waals surface area contributed by atoms with Crippen LogP contribution in [0.2, 0.25) is 0 Å². The van der Waals surface area contributed by atoms with E-state index in [1.807, 2.05) is 4.90 Å². The first kappa shape index (κ1) is 21.6. The Morgan fingerprint density at radius 2 is 2.19 bits per heavy atom. The molecule has 1 amide bonds. The molecule has 0 bridgehead atoms. The topological polar surface area (TPSA) is 56.7 Å². The number of carbonyl (C=O) groups is 1. The lowest BCUT2D eigenvalue weighted by Gasteiger charge is -2.31. The van der Waals surface area contributed by atoms with Gasteiger partial charge in [0.05, 0.1) is 6.54 Å². The van der Waals surface area contributed by atoms with Gasteiger partial charge in [0.15, 0.2) is 5.96 Å². The molecule has 1 heterocycles. The van der Waals surface area contributed by atoms with E-state index in [1.54, 1.807) is 11.8 Å². The number of hydrogen-bond donors (Lipinski definition) is 2. The Bertz CT molecular complexity index is 647. The zero-order valence-electron chi connectivity index (χ0n) is 17.2. The van der Waals surface area contributed by atoms with Gasteiger partial charge in [0.2, 0.25) is 5.91 Å². The van der Waals surface area contributed by atoms with Crippen molar-refractivity contribution in [1.29, 1.82) is 0 Å². The van der Waals surface area contributed by atoms with Gasteiger partial charge in [-0.25, -0.2) is 4.99 Å². The van der Waals surface area contributed by atoms with Crippen molar-refractivity contribution in [3.05, 3.63) is 29.3 Å². The van der Waals surface area contributed by atoms with E-state index in [4.69, 9.17) is 4.99 Å². The molecule has 1 atom stereocenters. The van der Waals surface area contributed by atoms with Crippen LogP contribution in [0.25, 0.3) is 0 Å². The van der Waals surface area contributed by atoms with Gasteiger partial charge >= 0.3 is 0 Å². The van der Waals surface area contributed by atoms with Gasteiger partial charge in [-0.2, -0.15) is 0 Å². The number of amides is 1. The summed E-state index contributed by atoms with van der Waals surface area (Å²) in [7, 11) is 0. The van der Waals surface area contributed by atoms with Crippen LogP contribution in [0.15, 0.2) is 28.1 Å². The van der Waals surface area contributed by atoms with Crippen LogP contribution in [0.3, 0.4) is 0 Å². The number of hydrogen-bond acceptors (Lipinski definition) is 3. The molecule has 1 aromatic carbocycles. The Kier molecular flexibility index (Phi) is 8.98. The number of carbonyl (C=O) groups excluding carboxylic acids is 1. The summed E-state index contributed by atoms with van der Waals surface area (Å²) in [4.78, 5) is 20.4. The van der Waals surface area contributed by atoms with Gasteiger partial charge in [0, 0.05) is 37.5 Å². The predicted octanol–water partition coefficient (Wildman–Crippen LogP) is 3.42. The van der Waals surface area contributed by atoms with E-state index in [1.165, 1.54) is 22.4 Å². The van der Waals surface area contributed by atoms with Gasteiger partial charge < -0.3 is 15.5 Å².